The summed E-state index contributed by atoms with van der Waals surface area (Å²) in [6.07, 6.45) is 0.956. The Bertz CT molecular complexity index is 361. The van der Waals surface area contributed by atoms with Gasteiger partial charge in [0.05, 0.1) is 13.2 Å². The Balaban J connectivity index is 1.73. The summed E-state index contributed by atoms with van der Waals surface area (Å²) in [5.74, 6) is 0.917. The number of rotatable bonds is 6. The van der Waals surface area contributed by atoms with Crippen LogP contribution >= 0.6 is 0 Å². The molecule has 106 valence electrons. The molecule has 4 nitrogen and oxygen atoms in total. The number of hydrogen-bond acceptors (Lipinski definition) is 4. The molecule has 1 saturated heterocycles. The Morgan fingerprint density at radius 3 is 2.58 bits per heavy atom. The number of nitrogens with zero attached hydrogens (tertiary/aromatic N) is 1. The smallest absolute Gasteiger partial charge is 0.119 e. The summed E-state index contributed by atoms with van der Waals surface area (Å²) in [6, 6.07) is 8.24. The summed E-state index contributed by atoms with van der Waals surface area (Å²) in [4.78, 5) is 2.37. The van der Waals surface area contributed by atoms with E-state index in [1.807, 2.05) is 12.1 Å². The molecule has 1 heterocycles. The average Bonchev–Trinajstić information content (AvgIpc) is 2.48. The number of benzene rings is 1. The van der Waals surface area contributed by atoms with E-state index in [1.165, 1.54) is 5.56 Å². The first-order valence-corrected chi connectivity index (χ1v) is 7.08. The lowest BCUT2D eigenvalue weighted by molar-refractivity contribution is 0.0322. The van der Waals surface area contributed by atoms with Gasteiger partial charge in [-0.2, -0.15) is 0 Å². The van der Waals surface area contributed by atoms with Gasteiger partial charge in [-0.1, -0.05) is 19.1 Å². The lowest BCUT2D eigenvalue weighted by Gasteiger charge is -2.26. The SMILES string of the molecule is CC[C@H](N)c1ccc(OCCN2CCOCC2)cc1. The lowest BCUT2D eigenvalue weighted by atomic mass is 10.1. The first-order chi connectivity index (χ1) is 9.29. The van der Waals surface area contributed by atoms with E-state index in [1.54, 1.807) is 0 Å². The number of nitrogens with two attached hydrogens (primary N) is 1. The Morgan fingerprint density at radius 1 is 1.26 bits per heavy atom. The third-order valence-corrected chi connectivity index (χ3v) is 3.53. The maximum Gasteiger partial charge on any atom is 0.119 e. The maximum absolute atomic E-state index is 5.98. The maximum atomic E-state index is 5.98. The average molecular weight is 264 g/mol. The molecule has 0 radical (unpaired) electrons. The molecule has 2 N–H and O–H groups in total. The predicted octanol–water partition coefficient (Wildman–Crippen LogP) is 1.81. The van der Waals surface area contributed by atoms with Crippen LogP contribution in [-0.4, -0.2) is 44.4 Å². The van der Waals surface area contributed by atoms with E-state index >= 15 is 0 Å². The molecule has 0 bridgehead atoms. The first-order valence-electron chi connectivity index (χ1n) is 7.08. The molecule has 0 aromatic heterocycles. The fourth-order valence-corrected chi connectivity index (χ4v) is 2.16. The van der Waals surface area contributed by atoms with E-state index in [0.29, 0.717) is 0 Å². The molecule has 2 rings (SSSR count). The van der Waals surface area contributed by atoms with Crippen LogP contribution in [0.5, 0.6) is 5.75 Å². The topological polar surface area (TPSA) is 47.7 Å². The Kier molecular flexibility index (Phi) is 5.63. The van der Waals surface area contributed by atoms with Crippen molar-refractivity contribution in [1.29, 1.82) is 0 Å². The third kappa shape index (κ3) is 4.49. The molecule has 0 saturated carbocycles. The summed E-state index contributed by atoms with van der Waals surface area (Å²) in [5, 5.41) is 0. The van der Waals surface area contributed by atoms with Crippen LogP contribution in [0, 0.1) is 0 Å². The third-order valence-electron chi connectivity index (χ3n) is 3.53. The van der Waals surface area contributed by atoms with Crippen LogP contribution in [0.2, 0.25) is 0 Å². The number of morpholine rings is 1. The molecular weight excluding hydrogens is 240 g/mol. The van der Waals surface area contributed by atoms with Gasteiger partial charge in [-0.25, -0.2) is 0 Å². The van der Waals surface area contributed by atoms with Gasteiger partial charge >= 0.3 is 0 Å². The molecule has 1 aromatic carbocycles. The lowest BCUT2D eigenvalue weighted by Crippen LogP contribution is -2.38. The molecular formula is C15H24N2O2. The molecule has 0 aliphatic carbocycles. The summed E-state index contributed by atoms with van der Waals surface area (Å²) in [5.41, 5.74) is 7.15. The van der Waals surface area contributed by atoms with Gasteiger partial charge in [0.1, 0.15) is 12.4 Å². The van der Waals surface area contributed by atoms with Gasteiger partial charge in [-0.15, -0.1) is 0 Å². The monoisotopic (exact) mass is 264 g/mol. The second kappa shape index (κ2) is 7.48. The molecule has 1 aliphatic heterocycles. The van der Waals surface area contributed by atoms with Gasteiger partial charge in [0.2, 0.25) is 0 Å². The van der Waals surface area contributed by atoms with Crippen LogP contribution < -0.4 is 10.5 Å². The highest BCUT2D eigenvalue weighted by Gasteiger charge is 2.09. The molecule has 0 spiro atoms. The molecule has 0 unspecified atom stereocenters. The molecule has 1 atom stereocenters. The van der Waals surface area contributed by atoms with E-state index in [2.05, 4.69) is 24.0 Å². The van der Waals surface area contributed by atoms with Gasteiger partial charge < -0.3 is 15.2 Å². The summed E-state index contributed by atoms with van der Waals surface area (Å²) in [7, 11) is 0. The summed E-state index contributed by atoms with van der Waals surface area (Å²) >= 11 is 0. The standard InChI is InChI=1S/C15H24N2O2/c1-2-15(16)13-3-5-14(6-4-13)19-12-9-17-7-10-18-11-8-17/h3-6,15H,2,7-12,16H2,1H3/t15-/m0/s1. The van der Waals surface area contributed by atoms with E-state index in [4.69, 9.17) is 15.2 Å². The van der Waals surface area contributed by atoms with Crippen molar-refractivity contribution in [3.8, 4) is 5.75 Å². The molecule has 4 heteroatoms. The zero-order chi connectivity index (χ0) is 13.5. The summed E-state index contributed by atoms with van der Waals surface area (Å²) in [6.45, 7) is 7.46. The molecule has 0 amide bonds. The van der Waals surface area contributed by atoms with Crippen LogP contribution in [0.25, 0.3) is 0 Å². The minimum absolute atomic E-state index is 0.127. The zero-order valence-corrected chi connectivity index (χ0v) is 11.7. The van der Waals surface area contributed by atoms with E-state index in [-0.39, 0.29) is 6.04 Å². The Hall–Kier alpha value is -1.10. The van der Waals surface area contributed by atoms with Crippen molar-refractivity contribution >= 4 is 0 Å². The van der Waals surface area contributed by atoms with Crippen LogP contribution in [-0.2, 0) is 4.74 Å². The highest BCUT2D eigenvalue weighted by atomic mass is 16.5. The quantitative estimate of drug-likeness (QED) is 0.851. The van der Waals surface area contributed by atoms with E-state index in [0.717, 1.165) is 51.6 Å². The molecule has 19 heavy (non-hydrogen) atoms. The first kappa shape index (κ1) is 14.3. The zero-order valence-electron chi connectivity index (χ0n) is 11.7. The van der Waals surface area contributed by atoms with Crippen molar-refractivity contribution in [3.05, 3.63) is 29.8 Å². The summed E-state index contributed by atoms with van der Waals surface area (Å²) < 4.78 is 11.1. The number of ether oxygens (including phenoxy) is 2. The van der Waals surface area contributed by atoms with Gasteiger partial charge in [0.25, 0.3) is 0 Å². The highest BCUT2D eigenvalue weighted by molar-refractivity contribution is 5.28. The van der Waals surface area contributed by atoms with Gasteiger partial charge in [-0.3, -0.25) is 4.90 Å². The van der Waals surface area contributed by atoms with Crippen molar-refractivity contribution in [2.45, 2.75) is 19.4 Å². The largest absolute Gasteiger partial charge is 0.492 e. The fraction of sp³-hybridized carbons (Fsp3) is 0.600. The van der Waals surface area contributed by atoms with Crippen molar-refractivity contribution in [3.63, 3.8) is 0 Å². The van der Waals surface area contributed by atoms with E-state index < -0.39 is 0 Å². The van der Waals surface area contributed by atoms with Gasteiger partial charge in [0, 0.05) is 25.7 Å². The highest BCUT2D eigenvalue weighted by Crippen LogP contribution is 2.18. The minimum atomic E-state index is 0.127. The van der Waals surface area contributed by atoms with Gasteiger partial charge in [-0.05, 0) is 24.1 Å². The Morgan fingerprint density at radius 2 is 1.95 bits per heavy atom. The normalized spacial score (nSPS) is 18.2. The minimum Gasteiger partial charge on any atom is -0.492 e. The van der Waals surface area contributed by atoms with Crippen molar-refractivity contribution in [2.75, 3.05) is 39.5 Å². The second-order valence-corrected chi connectivity index (χ2v) is 4.89. The molecule has 1 fully saturated rings. The second-order valence-electron chi connectivity index (χ2n) is 4.89. The van der Waals surface area contributed by atoms with Crippen LogP contribution in [0.3, 0.4) is 0 Å². The van der Waals surface area contributed by atoms with Crippen molar-refractivity contribution < 1.29 is 9.47 Å². The molecule has 1 aliphatic rings. The molecule has 1 aromatic rings. The van der Waals surface area contributed by atoms with Crippen LogP contribution in [0.4, 0.5) is 0 Å². The van der Waals surface area contributed by atoms with Crippen LogP contribution in [0.1, 0.15) is 24.9 Å². The van der Waals surface area contributed by atoms with Crippen LogP contribution in [0.15, 0.2) is 24.3 Å². The number of hydrogen-bond donors (Lipinski definition) is 1. The fourth-order valence-electron chi connectivity index (χ4n) is 2.16. The van der Waals surface area contributed by atoms with Crippen molar-refractivity contribution in [1.82, 2.24) is 4.90 Å². The Labute approximate surface area is 115 Å². The van der Waals surface area contributed by atoms with Gasteiger partial charge in [0.15, 0.2) is 0 Å². The predicted molar refractivity (Wildman–Crippen MR) is 76.4 cm³/mol. The van der Waals surface area contributed by atoms with Crippen molar-refractivity contribution in [2.24, 2.45) is 5.73 Å². The van der Waals surface area contributed by atoms with E-state index in [9.17, 15) is 0 Å².